The van der Waals surface area contributed by atoms with Crippen molar-refractivity contribution in [3.63, 3.8) is 0 Å². The van der Waals surface area contributed by atoms with Gasteiger partial charge in [0.25, 0.3) is 0 Å². The fourth-order valence-corrected chi connectivity index (χ4v) is 4.82. The first-order valence-electron chi connectivity index (χ1n) is 10.4. The number of carbonyl (C=O) groups excluding carboxylic acids is 1. The molecule has 4 heterocycles. The summed E-state index contributed by atoms with van der Waals surface area (Å²) in [4.78, 5) is 23.2. The zero-order chi connectivity index (χ0) is 20.5. The van der Waals surface area contributed by atoms with E-state index in [1.165, 1.54) is 0 Å². The van der Waals surface area contributed by atoms with Gasteiger partial charge in [0.2, 0.25) is 5.91 Å². The van der Waals surface area contributed by atoms with E-state index in [0.29, 0.717) is 13.0 Å². The first-order chi connectivity index (χ1) is 14.7. The van der Waals surface area contributed by atoms with Crippen LogP contribution in [0.1, 0.15) is 13.3 Å². The largest absolute Gasteiger partial charge is 0.489 e. The summed E-state index contributed by atoms with van der Waals surface area (Å²) < 4.78 is 7.36. The van der Waals surface area contributed by atoms with Gasteiger partial charge in [-0.1, -0.05) is 0 Å². The van der Waals surface area contributed by atoms with E-state index in [9.17, 15) is 4.79 Å². The van der Waals surface area contributed by atoms with E-state index in [1.54, 1.807) is 11.3 Å². The number of carbonyl (C=O) groups is 1. The quantitative estimate of drug-likeness (QED) is 0.657. The van der Waals surface area contributed by atoms with Crippen LogP contribution in [0.25, 0.3) is 21.5 Å². The highest BCUT2D eigenvalue weighted by Gasteiger charge is 2.28. The molecule has 2 aromatic heterocycles. The van der Waals surface area contributed by atoms with Crippen molar-refractivity contribution >= 4 is 33.1 Å². The maximum Gasteiger partial charge on any atom is 0.220 e. The van der Waals surface area contributed by atoms with Gasteiger partial charge in [-0.15, -0.1) is 11.3 Å². The third-order valence-electron chi connectivity index (χ3n) is 5.91. The summed E-state index contributed by atoms with van der Waals surface area (Å²) in [6.45, 7) is 6.71. The second-order valence-corrected chi connectivity index (χ2v) is 8.76. The van der Waals surface area contributed by atoms with Gasteiger partial charge >= 0.3 is 0 Å². The second-order valence-electron chi connectivity index (χ2n) is 7.90. The number of rotatable bonds is 5. The predicted octanol–water partition coefficient (Wildman–Crippen LogP) is 2.67. The molecule has 1 amide bonds. The number of benzene rings is 1. The molecule has 1 unspecified atom stereocenters. The molecule has 2 aliphatic rings. The van der Waals surface area contributed by atoms with Gasteiger partial charge in [0.1, 0.15) is 11.9 Å². The van der Waals surface area contributed by atoms with Crippen molar-refractivity contribution in [2.45, 2.75) is 19.4 Å². The Hall–Kier alpha value is -2.71. The van der Waals surface area contributed by atoms with Crippen LogP contribution in [0.2, 0.25) is 0 Å². The molecule has 30 heavy (non-hydrogen) atoms. The van der Waals surface area contributed by atoms with Crippen LogP contribution in [-0.4, -0.2) is 54.7 Å². The fourth-order valence-electron chi connectivity index (χ4n) is 4.10. The van der Waals surface area contributed by atoms with Crippen molar-refractivity contribution in [2.75, 3.05) is 37.6 Å². The van der Waals surface area contributed by atoms with Crippen LogP contribution in [0, 0.1) is 5.92 Å². The lowest BCUT2D eigenvalue weighted by Crippen LogP contribution is -2.43. The average molecular weight is 424 g/mol. The number of aromatic nitrogens is 2. The lowest BCUT2D eigenvalue weighted by Gasteiger charge is -2.29. The predicted molar refractivity (Wildman–Crippen MR) is 119 cm³/mol. The minimum atomic E-state index is -0.0625. The Morgan fingerprint density at radius 3 is 2.83 bits per heavy atom. The summed E-state index contributed by atoms with van der Waals surface area (Å²) in [5.41, 5.74) is 5.79. The maximum absolute atomic E-state index is 11.6. The molecule has 0 radical (unpaired) electrons. The van der Waals surface area contributed by atoms with E-state index in [2.05, 4.69) is 38.7 Å². The fraction of sp³-hybridized carbons (Fsp3) is 0.409. The molecule has 0 aliphatic carbocycles. The van der Waals surface area contributed by atoms with Crippen LogP contribution in [-0.2, 0) is 4.79 Å². The van der Waals surface area contributed by atoms with Crippen molar-refractivity contribution in [3.05, 3.63) is 36.0 Å². The number of hydrogen-bond donors (Lipinski definition) is 2. The number of thiazole rings is 1. The number of nitrogens with zero attached hydrogens (tertiary/aromatic N) is 3. The Kier molecular flexibility index (Phi) is 5.26. The number of anilines is 1. The molecule has 0 bridgehead atoms. The van der Waals surface area contributed by atoms with Crippen LogP contribution in [0.15, 0.2) is 36.0 Å². The van der Waals surface area contributed by atoms with Crippen LogP contribution in [0.3, 0.4) is 0 Å². The van der Waals surface area contributed by atoms with Gasteiger partial charge < -0.3 is 20.3 Å². The van der Waals surface area contributed by atoms with Gasteiger partial charge in [0, 0.05) is 50.6 Å². The number of nitrogens with one attached hydrogen (secondary N) is 2. The van der Waals surface area contributed by atoms with E-state index < -0.39 is 0 Å². The molecule has 2 N–H and O–H groups in total. The molecule has 2 fully saturated rings. The monoisotopic (exact) mass is 423 g/mol. The van der Waals surface area contributed by atoms with Gasteiger partial charge in [-0.3, -0.25) is 9.78 Å². The molecule has 2 aliphatic heterocycles. The van der Waals surface area contributed by atoms with Crippen LogP contribution >= 0.6 is 11.3 Å². The van der Waals surface area contributed by atoms with Crippen molar-refractivity contribution in [1.29, 1.82) is 0 Å². The molecule has 2 atom stereocenters. The number of piperazine rings is 1. The van der Waals surface area contributed by atoms with Gasteiger partial charge in [-0.25, -0.2) is 4.98 Å². The molecule has 1 aromatic carbocycles. The van der Waals surface area contributed by atoms with E-state index >= 15 is 0 Å². The average Bonchev–Trinajstić information content (AvgIpc) is 3.43. The standard InChI is InChI=1S/C22H25N5O2S/c1-14(16-10-21(28)25-11-16)29-20-9-15(8-19-22(20)30-13-26-19)18-3-2-17(12-24-18)27-6-4-23-5-7-27/h2-3,8-9,12-14,16,23H,4-7,10-11H2,1H3,(H,25,28)/t14-,16?/m1/s1. The third kappa shape index (κ3) is 3.85. The number of fused-ring (bicyclic) bond motifs is 1. The maximum atomic E-state index is 11.6. The lowest BCUT2D eigenvalue weighted by atomic mass is 10.0. The van der Waals surface area contributed by atoms with Gasteiger partial charge in [-0.05, 0) is 31.2 Å². The summed E-state index contributed by atoms with van der Waals surface area (Å²) in [5, 5.41) is 6.27. The van der Waals surface area contributed by atoms with E-state index in [1.807, 2.05) is 24.7 Å². The molecule has 3 aromatic rings. The molecular formula is C22H25N5O2S. The third-order valence-corrected chi connectivity index (χ3v) is 6.77. The Labute approximate surface area is 179 Å². The zero-order valence-corrected chi connectivity index (χ0v) is 17.7. The second kappa shape index (κ2) is 8.20. The Bertz CT molecular complexity index is 1050. The van der Waals surface area contributed by atoms with Crippen LogP contribution in [0.4, 0.5) is 5.69 Å². The molecule has 8 heteroatoms. The van der Waals surface area contributed by atoms with Crippen LogP contribution < -0.4 is 20.3 Å². The first-order valence-corrected chi connectivity index (χ1v) is 11.3. The minimum Gasteiger partial charge on any atom is -0.489 e. The molecule has 2 saturated heterocycles. The highest BCUT2D eigenvalue weighted by molar-refractivity contribution is 7.17. The molecular weight excluding hydrogens is 398 g/mol. The van der Waals surface area contributed by atoms with Crippen LogP contribution in [0.5, 0.6) is 5.75 Å². The first kappa shape index (κ1) is 19.3. The minimum absolute atomic E-state index is 0.0625. The van der Waals surface area contributed by atoms with E-state index in [0.717, 1.165) is 59.1 Å². The number of hydrogen-bond acceptors (Lipinski definition) is 7. The Morgan fingerprint density at radius 2 is 2.10 bits per heavy atom. The summed E-state index contributed by atoms with van der Waals surface area (Å²) in [6.07, 6.45) is 2.40. The van der Waals surface area contributed by atoms with Gasteiger partial charge in [0.15, 0.2) is 0 Å². The SMILES string of the molecule is C[C@@H](Oc1cc(-c2ccc(N3CCNCC3)cn2)cc2ncsc12)C1CNC(=O)C1. The van der Waals surface area contributed by atoms with E-state index in [-0.39, 0.29) is 17.9 Å². The van der Waals surface area contributed by atoms with Crippen molar-refractivity contribution in [3.8, 4) is 17.0 Å². The number of pyridine rings is 1. The Morgan fingerprint density at radius 1 is 1.23 bits per heavy atom. The molecule has 7 nitrogen and oxygen atoms in total. The lowest BCUT2D eigenvalue weighted by molar-refractivity contribution is -0.119. The molecule has 5 rings (SSSR count). The van der Waals surface area contributed by atoms with E-state index in [4.69, 9.17) is 9.72 Å². The summed E-state index contributed by atoms with van der Waals surface area (Å²) in [7, 11) is 0. The van der Waals surface area contributed by atoms with Crippen molar-refractivity contribution in [1.82, 2.24) is 20.6 Å². The zero-order valence-electron chi connectivity index (χ0n) is 16.9. The smallest absolute Gasteiger partial charge is 0.220 e. The van der Waals surface area contributed by atoms with Crippen molar-refractivity contribution in [2.24, 2.45) is 5.92 Å². The highest BCUT2D eigenvalue weighted by atomic mass is 32.1. The summed E-state index contributed by atoms with van der Waals surface area (Å²) >= 11 is 1.57. The van der Waals surface area contributed by atoms with Gasteiger partial charge in [-0.2, -0.15) is 0 Å². The Balaban J connectivity index is 1.41. The molecule has 156 valence electrons. The molecule has 0 saturated carbocycles. The normalized spacial score (nSPS) is 20.4. The summed E-state index contributed by atoms with van der Waals surface area (Å²) in [5.74, 6) is 1.09. The summed E-state index contributed by atoms with van der Waals surface area (Å²) in [6, 6.07) is 8.32. The molecule has 0 spiro atoms. The highest BCUT2D eigenvalue weighted by Crippen LogP contribution is 2.36. The number of ether oxygens (including phenoxy) is 1. The van der Waals surface area contributed by atoms with Gasteiger partial charge in [0.05, 0.1) is 33.3 Å². The number of amides is 1. The topological polar surface area (TPSA) is 79.4 Å². The van der Waals surface area contributed by atoms with Crippen molar-refractivity contribution < 1.29 is 9.53 Å².